The molecule has 4 aromatic carbocycles. The van der Waals surface area contributed by atoms with Gasteiger partial charge in [-0.15, -0.1) is 23.2 Å². The summed E-state index contributed by atoms with van der Waals surface area (Å²) < 4.78 is 30.8. The van der Waals surface area contributed by atoms with E-state index < -0.39 is 62.9 Å². The maximum absolute atomic E-state index is 14.7. The fraction of sp³-hybridized carbons (Fsp3) is 0.244. The second kappa shape index (κ2) is 12.4. The summed E-state index contributed by atoms with van der Waals surface area (Å²) in [5.74, 6) is -6.90. The third-order valence-corrected chi connectivity index (χ3v) is 12.8. The van der Waals surface area contributed by atoms with E-state index in [1.54, 1.807) is 30.3 Å². The second-order valence-corrected chi connectivity index (χ2v) is 15.3. The van der Waals surface area contributed by atoms with Crippen LogP contribution < -0.4 is 19.3 Å². The highest BCUT2D eigenvalue weighted by molar-refractivity contribution is 6.58. The van der Waals surface area contributed by atoms with Gasteiger partial charge in [0.05, 0.1) is 37.4 Å². The molecule has 3 fully saturated rings. The normalized spacial score (nSPS) is 27.3. The van der Waals surface area contributed by atoms with Crippen molar-refractivity contribution in [1.82, 2.24) is 4.98 Å². The molecule has 1 saturated carbocycles. The van der Waals surface area contributed by atoms with Crippen LogP contribution in [0, 0.1) is 23.6 Å². The number of imide groups is 2. The van der Waals surface area contributed by atoms with Crippen molar-refractivity contribution < 1.29 is 42.6 Å². The molecule has 11 nitrogen and oxygen atoms in total. The Hall–Kier alpha value is -5.72. The number of benzene rings is 4. The molecule has 5 aromatic rings. The minimum atomic E-state index is -2.19. The number of allylic oxidation sites excluding steroid dienone is 2. The first-order valence-corrected chi connectivity index (χ1v) is 18.2. The van der Waals surface area contributed by atoms with Crippen LogP contribution in [0.1, 0.15) is 24.3 Å². The van der Waals surface area contributed by atoms with Crippen LogP contribution >= 0.6 is 23.2 Å². The molecule has 278 valence electrons. The number of carbonyl (C=O) groups is 4. The Labute approximate surface area is 322 Å². The standard InChI is InChI=1S/C41H30Cl2FN3O8/c1-53-30-17-21(18-31(54-2)34(30)48)33-25-15-16-26-32(27(25)19-40(42)38(51)47(39(52)41(33,40)43)24-13-9-22(44)10-14-24)37(50)46(36(26)49)23-11-7-20(8-12-23)35-45-28-5-3-4-6-29(28)55-35/h3-15,17-18,26-27,32-33,48H,16,19H2,1-2H3. The fourth-order valence-electron chi connectivity index (χ4n) is 8.86. The predicted octanol–water partition coefficient (Wildman–Crippen LogP) is 7.12. The number of methoxy groups -OCH3 is 2. The average Bonchev–Trinajstić information content (AvgIpc) is 3.78. The van der Waals surface area contributed by atoms with Crippen molar-refractivity contribution >= 4 is 69.3 Å². The van der Waals surface area contributed by atoms with Crippen molar-refractivity contribution in [3.63, 3.8) is 0 Å². The van der Waals surface area contributed by atoms with E-state index in [2.05, 4.69) is 4.98 Å². The number of rotatable bonds is 6. The SMILES string of the molecule is COc1cc(C2C3=CCC4C(=O)N(c5ccc(-c6nc7ccccc7o6)cc5)C(=O)C4C3CC3(Cl)C(=O)N(c4ccc(F)cc4)C(=O)C23Cl)cc(OC)c1O. The highest BCUT2D eigenvalue weighted by Gasteiger charge is 2.76. The lowest BCUT2D eigenvalue weighted by molar-refractivity contribution is -0.125. The summed E-state index contributed by atoms with van der Waals surface area (Å²) in [5, 5.41) is 10.8. The molecule has 4 amide bonds. The topological polar surface area (TPSA) is 139 Å². The molecule has 0 bridgehead atoms. The summed E-state index contributed by atoms with van der Waals surface area (Å²) in [5.41, 5.74) is 3.19. The van der Waals surface area contributed by atoms with Gasteiger partial charge in [-0.3, -0.25) is 24.1 Å². The van der Waals surface area contributed by atoms with Crippen LogP contribution in [0.4, 0.5) is 15.8 Å². The molecule has 1 aromatic heterocycles. The van der Waals surface area contributed by atoms with E-state index in [0.717, 1.165) is 21.9 Å². The zero-order valence-electron chi connectivity index (χ0n) is 29.2. The summed E-state index contributed by atoms with van der Waals surface area (Å²) in [6, 6.07) is 21.8. The molecule has 2 aliphatic carbocycles. The van der Waals surface area contributed by atoms with E-state index >= 15 is 0 Å². The molecule has 1 N–H and O–H groups in total. The largest absolute Gasteiger partial charge is 0.502 e. The lowest BCUT2D eigenvalue weighted by Crippen LogP contribution is -2.60. The van der Waals surface area contributed by atoms with Crippen LogP contribution in [-0.2, 0) is 19.2 Å². The third-order valence-electron chi connectivity index (χ3n) is 11.4. The van der Waals surface area contributed by atoms with Gasteiger partial charge in [0.25, 0.3) is 11.8 Å². The summed E-state index contributed by atoms with van der Waals surface area (Å²) in [6.45, 7) is 0. The van der Waals surface area contributed by atoms with Gasteiger partial charge in [0.15, 0.2) is 26.8 Å². The van der Waals surface area contributed by atoms with Crippen LogP contribution in [0.15, 0.2) is 101 Å². The van der Waals surface area contributed by atoms with Gasteiger partial charge in [0.1, 0.15) is 11.3 Å². The van der Waals surface area contributed by atoms with Crippen molar-refractivity contribution in [2.75, 3.05) is 24.0 Å². The molecular formula is C41H30Cl2FN3O8. The van der Waals surface area contributed by atoms with Gasteiger partial charge in [-0.05, 0) is 97.1 Å². The Kier molecular flexibility index (Phi) is 7.90. The maximum Gasteiger partial charge on any atom is 0.258 e. The predicted molar refractivity (Wildman–Crippen MR) is 200 cm³/mol. The monoisotopic (exact) mass is 781 g/mol. The average molecular weight is 783 g/mol. The van der Waals surface area contributed by atoms with Gasteiger partial charge in [0, 0.05) is 11.5 Å². The smallest absolute Gasteiger partial charge is 0.258 e. The highest BCUT2D eigenvalue weighted by Crippen LogP contribution is 2.66. The number of fused-ring (bicyclic) bond motifs is 5. The van der Waals surface area contributed by atoms with Crippen molar-refractivity contribution in [1.29, 1.82) is 0 Å². The molecular weight excluding hydrogens is 752 g/mol. The maximum atomic E-state index is 14.7. The molecule has 9 rings (SSSR count). The number of aromatic nitrogens is 1. The van der Waals surface area contributed by atoms with Crippen molar-refractivity contribution in [3.05, 3.63) is 108 Å². The minimum absolute atomic E-state index is 0.00190. The summed E-state index contributed by atoms with van der Waals surface area (Å²) in [4.78, 5) is 60.2. The fourth-order valence-corrected chi connectivity index (χ4v) is 9.79. The number of halogens is 3. The zero-order valence-corrected chi connectivity index (χ0v) is 30.7. The van der Waals surface area contributed by atoms with Crippen molar-refractivity contribution in [2.45, 2.75) is 28.5 Å². The number of aromatic hydroxyl groups is 1. The molecule has 6 atom stereocenters. The van der Waals surface area contributed by atoms with E-state index in [1.807, 2.05) is 24.3 Å². The van der Waals surface area contributed by atoms with Gasteiger partial charge in [-0.1, -0.05) is 23.8 Å². The summed E-state index contributed by atoms with van der Waals surface area (Å²) in [6.07, 6.45) is 1.67. The molecule has 14 heteroatoms. The Balaban J connectivity index is 1.14. The number of oxazole rings is 1. The van der Waals surface area contributed by atoms with Crippen LogP contribution in [0.25, 0.3) is 22.6 Å². The van der Waals surface area contributed by atoms with Crippen LogP contribution in [-0.4, -0.2) is 57.7 Å². The van der Waals surface area contributed by atoms with Gasteiger partial charge in [0.2, 0.25) is 23.5 Å². The van der Waals surface area contributed by atoms with Crippen molar-refractivity contribution in [2.24, 2.45) is 17.8 Å². The second-order valence-electron chi connectivity index (χ2n) is 14.1. The summed E-state index contributed by atoms with van der Waals surface area (Å²) >= 11 is 15.0. The number of ether oxygens (including phenoxy) is 2. The number of amides is 4. The Morgan fingerprint density at radius 2 is 1.47 bits per heavy atom. The van der Waals surface area contributed by atoms with Crippen LogP contribution in [0.2, 0.25) is 0 Å². The molecule has 55 heavy (non-hydrogen) atoms. The number of hydrogen-bond donors (Lipinski definition) is 1. The molecule has 4 aliphatic rings. The lowest BCUT2D eigenvalue weighted by Gasteiger charge is -2.50. The number of alkyl halides is 2. The number of carbonyl (C=O) groups excluding carboxylic acids is 4. The first-order chi connectivity index (χ1) is 26.4. The Morgan fingerprint density at radius 1 is 0.836 bits per heavy atom. The minimum Gasteiger partial charge on any atom is -0.502 e. The highest BCUT2D eigenvalue weighted by atomic mass is 35.5. The molecule has 2 aliphatic heterocycles. The van der Waals surface area contributed by atoms with Crippen LogP contribution in [0.5, 0.6) is 17.2 Å². The van der Waals surface area contributed by atoms with E-state index in [9.17, 15) is 28.7 Å². The van der Waals surface area contributed by atoms with Gasteiger partial charge in [-0.25, -0.2) is 14.3 Å². The molecule has 0 spiro atoms. The third kappa shape index (κ3) is 4.83. The number of phenols is 1. The molecule has 6 unspecified atom stereocenters. The van der Waals surface area contributed by atoms with Crippen LogP contribution in [0.3, 0.4) is 0 Å². The van der Waals surface area contributed by atoms with E-state index in [0.29, 0.717) is 39.4 Å². The van der Waals surface area contributed by atoms with Gasteiger partial charge in [-0.2, -0.15) is 0 Å². The number of hydrogen-bond acceptors (Lipinski definition) is 9. The van der Waals surface area contributed by atoms with Crippen molar-refractivity contribution in [3.8, 4) is 28.7 Å². The number of phenolic OH excluding ortho intramolecular Hbond substituents is 1. The summed E-state index contributed by atoms with van der Waals surface area (Å²) in [7, 11) is 2.68. The number of nitrogens with zero attached hydrogens (tertiary/aromatic N) is 3. The zero-order chi connectivity index (χ0) is 38.6. The molecule has 0 radical (unpaired) electrons. The van der Waals surface area contributed by atoms with E-state index in [1.165, 1.54) is 38.5 Å². The first-order valence-electron chi connectivity index (χ1n) is 17.4. The van der Waals surface area contributed by atoms with E-state index in [-0.39, 0.29) is 35.8 Å². The van der Waals surface area contributed by atoms with E-state index in [4.69, 9.17) is 37.1 Å². The lowest BCUT2D eigenvalue weighted by atomic mass is 9.56. The van der Waals surface area contributed by atoms with Gasteiger partial charge >= 0.3 is 0 Å². The number of anilines is 2. The molecule has 2 saturated heterocycles. The Bertz CT molecular complexity index is 2450. The first kappa shape index (κ1) is 35.0. The Morgan fingerprint density at radius 3 is 2.13 bits per heavy atom. The molecule has 3 heterocycles. The van der Waals surface area contributed by atoms with Gasteiger partial charge < -0.3 is 19.0 Å². The quantitative estimate of drug-likeness (QED) is 0.108. The number of para-hydroxylation sites is 2.